The molecule has 0 spiro atoms. The zero-order valence-electron chi connectivity index (χ0n) is 11.1. The molecule has 0 fully saturated rings. The number of halogens is 1. The smallest absolute Gasteiger partial charge is 0.134 e. The van der Waals surface area contributed by atoms with Crippen LogP contribution in [0.15, 0.2) is 10.7 Å². The van der Waals surface area contributed by atoms with Gasteiger partial charge in [-0.15, -0.1) is 0 Å². The number of anilines is 1. The number of aromatic nitrogens is 2. The first-order valence-corrected chi connectivity index (χ1v) is 7.06. The average molecular weight is 300 g/mol. The van der Waals surface area contributed by atoms with Crippen molar-refractivity contribution in [2.75, 3.05) is 11.9 Å². The molecule has 1 aromatic rings. The second-order valence-corrected chi connectivity index (χ2v) is 5.86. The highest BCUT2D eigenvalue weighted by molar-refractivity contribution is 9.10. The Morgan fingerprint density at radius 1 is 1.24 bits per heavy atom. The Morgan fingerprint density at radius 2 is 1.94 bits per heavy atom. The second kappa shape index (κ2) is 6.94. The van der Waals surface area contributed by atoms with Crippen molar-refractivity contribution in [3.63, 3.8) is 0 Å². The van der Waals surface area contributed by atoms with E-state index in [-0.39, 0.29) is 0 Å². The van der Waals surface area contributed by atoms with Crippen LogP contribution in [0.25, 0.3) is 0 Å². The fourth-order valence-corrected chi connectivity index (χ4v) is 1.91. The van der Waals surface area contributed by atoms with E-state index >= 15 is 0 Å². The summed E-state index contributed by atoms with van der Waals surface area (Å²) in [5.41, 5.74) is 0. The van der Waals surface area contributed by atoms with Crippen LogP contribution in [0.4, 0.5) is 5.82 Å². The van der Waals surface area contributed by atoms with Crippen LogP contribution >= 0.6 is 15.9 Å². The molecule has 0 aliphatic heterocycles. The van der Waals surface area contributed by atoms with Crippen LogP contribution in [0.1, 0.15) is 52.3 Å². The molecule has 17 heavy (non-hydrogen) atoms. The maximum atomic E-state index is 4.50. The Balaban J connectivity index is 2.53. The van der Waals surface area contributed by atoms with Gasteiger partial charge in [-0.05, 0) is 34.7 Å². The monoisotopic (exact) mass is 299 g/mol. The van der Waals surface area contributed by atoms with Crippen LogP contribution in [0.5, 0.6) is 0 Å². The van der Waals surface area contributed by atoms with E-state index in [0.29, 0.717) is 5.92 Å². The fraction of sp³-hybridized carbons (Fsp3) is 0.692. The van der Waals surface area contributed by atoms with E-state index in [4.69, 9.17) is 0 Å². The van der Waals surface area contributed by atoms with E-state index in [1.807, 2.05) is 6.07 Å². The molecule has 96 valence electrons. The number of hydrogen-bond donors (Lipinski definition) is 1. The van der Waals surface area contributed by atoms with E-state index < -0.39 is 0 Å². The molecule has 0 saturated heterocycles. The largest absolute Gasteiger partial charge is 0.370 e. The lowest BCUT2D eigenvalue weighted by Gasteiger charge is -2.10. The predicted octanol–water partition coefficient (Wildman–Crippen LogP) is 4.21. The van der Waals surface area contributed by atoms with Gasteiger partial charge in [-0.25, -0.2) is 9.97 Å². The molecule has 1 rings (SSSR count). The van der Waals surface area contributed by atoms with Gasteiger partial charge in [0, 0.05) is 18.5 Å². The van der Waals surface area contributed by atoms with Crippen LogP contribution in [0, 0.1) is 5.92 Å². The molecule has 0 radical (unpaired) electrons. The van der Waals surface area contributed by atoms with Crippen LogP contribution < -0.4 is 5.32 Å². The number of nitrogens with one attached hydrogen (secondary N) is 1. The third-order valence-corrected chi connectivity index (χ3v) is 2.90. The van der Waals surface area contributed by atoms with Crippen LogP contribution in [-0.2, 0) is 0 Å². The molecule has 3 nitrogen and oxygen atoms in total. The summed E-state index contributed by atoms with van der Waals surface area (Å²) in [6.45, 7) is 9.67. The number of rotatable bonds is 6. The molecule has 0 amide bonds. The Kier molecular flexibility index (Phi) is 5.89. The van der Waals surface area contributed by atoms with E-state index in [1.54, 1.807) is 0 Å². The van der Waals surface area contributed by atoms with E-state index in [1.165, 1.54) is 12.8 Å². The quantitative estimate of drug-likeness (QED) is 0.631. The zero-order chi connectivity index (χ0) is 12.8. The van der Waals surface area contributed by atoms with Crippen molar-refractivity contribution in [3.05, 3.63) is 16.5 Å². The summed E-state index contributed by atoms with van der Waals surface area (Å²) >= 11 is 3.42. The van der Waals surface area contributed by atoms with Crippen molar-refractivity contribution in [2.24, 2.45) is 5.92 Å². The van der Waals surface area contributed by atoms with Crippen molar-refractivity contribution in [1.82, 2.24) is 9.97 Å². The van der Waals surface area contributed by atoms with E-state index in [9.17, 15) is 0 Å². The van der Waals surface area contributed by atoms with Crippen molar-refractivity contribution in [1.29, 1.82) is 0 Å². The molecule has 0 aromatic carbocycles. The maximum Gasteiger partial charge on any atom is 0.134 e. The lowest BCUT2D eigenvalue weighted by Crippen LogP contribution is -2.07. The lowest BCUT2D eigenvalue weighted by molar-refractivity contribution is 0.566. The summed E-state index contributed by atoms with van der Waals surface area (Å²) in [7, 11) is 0. The Morgan fingerprint density at radius 3 is 2.53 bits per heavy atom. The van der Waals surface area contributed by atoms with Gasteiger partial charge in [0.25, 0.3) is 0 Å². The molecule has 1 aromatic heterocycles. The summed E-state index contributed by atoms with van der Waals surface area (Å²) in [5.74, 6) is 2.91. The molecule has 0 aliphatic rings. The van der Waals surface area contributed by atoms with Gasteiger partial charge in [-0.1, -0.05) is 27.7 Å². The van der Waals surface area contributed by atoms with Crippen molar-refractivity contribution in [3.8, 4) is 0 Å². The third-order valence-electron chi connectivity index (χ3n) is 2.49. The van der Waals surface area contributed by atoms with Gasteiger partial charge >= 0.3 is 0 Å². The Hall–Kier alpha value is -0.640. The maximum absolute atomic E-state index is 4.50. The molecular formula is C13H22BrN3. The first kappa shape index (κ1) is 14.4. The third kappa shape index (κ3) is 5.48. The minimum absolute atomic E-state index is 0.351. The first-order valence-electron chi connectivity index (χ1n) is 6.27. The number of hydrogen-bond acceptors (Lipinski definition) is 3. The SMILES string of the molecule is CC(C)CCCNc1cc(Br)nc(C(C)C)n1. The summed E-state index contributed by atoms with van der Waals surface area (Å²) in [4.78, 5) is 8.85. The zero-order valence-corrected chi connectivity index (χ0v) is 12.7. The Labute approximate surface area is 113 Å². The second-order valence-electron chi connectivity index (χ2n) is 5.05. The summed E-state index contributed by atoms with van der Waals surface area (Å²) in [5, 5.41) is 3.36. The predicted molar refractivity (Wildman–Crippen MR) is 76.4 cm³/mol. The molecule has 0 saturated carbocycles. The molecule has 0 atom stereocenters. The van der Waals surface area contributed by atoms with Gasteiger partial charge in [0.1, 0.15) is 16.2 Å². The number of nitrogens with zero attached hydrogens (tertiary/aromatic N) is 2. The van der Waals surface area contributed by atoms with Crippen molar-refractivity contribution < 1.29 is 0 Å². The van der Waals surface area contributed by atoms with Gasteiger partial charge in [-0.3, -0.25) is 0 Å². The van der Waals surface area contributed by atoms with Crippen LogP contribution in [0.2, 0.25) is 0 Å². The minimum Gasteiger partial charge on any atom is -0.370 e. The minimum atomic E-state index is 0.351. The molecule has 4 heteroatoms. The van der Waals surface area contributed by atoms with Gasteiger partial charge in [0.15, 0.2) is 0 Å². The molecular weight excluding hydrogens is 278 g/mol. The highest BCUT2D eigenvalue weighted by atomic mass is 79.9. The van der Waals surface area contributed by atoms with Gasteiger partial charge in [0.2, 0.25) is 0 Å². The Bertz CT molecular complexity index is 351. The van der Waals surface area contributed by atoms with Gasteiger partial charge in [0.05, 0.1) is 0 Å². The van der Waals surface area contributed by atoms with Crippen molar-refractivity contribution in [2.45, 2.75) is 46.5 Å². The van der Waals surface area contributed by atoms with Crippen LogP contribution in [-0.4, -0.2) is 16.5 Å². The van der Waals surface area contributed by atoms with E-state index in [2.05, 4.69) is 58.9 Å². The summed E-state index contributed by atoms with van der Waals surface area (Å²) < 4.78 is 0.850. The van der Waals surface area contributed by atoms with Gasteiger partial charge in [-0.2, -0.15) is 0 Å². The molecule has 0 aliphatic carbocycles. The molecule has 1 heterocycles. The van der Waals surface area contributed by atoms with Crippen molar-refractivity contribution >= 4 is 21.7 Å². The first-order chi connectivity index (χ1) is 7.99. The average Bonchev–Trinajstić information content (AvgIpc) is 2.23. The highest BCUT2D eigenvalue weighted by Gasteiger charge is 2.06. The summed E-state index contributed by atoms with van der Waals surface area (Å²) in [6.07, 6.45) is 2.42. The topological polar surface area (TPSA) is 37.8 Å². The molecule has 0 unspecified atom stereocenters. The molecule has 1 N–H and O–H groups in total. The highest BCUT2D eigenvalue weighted by Crippen LogP contribution is 2.17. The van der Waals surface area contributed by atoms with Crippen LogP contribution in [0.3, 0.4) is 0 Å². The lowest BCUT2D eigenvalue weighted by atomic mass is 10.1. The fourth-order valence-electron chi connectivity index (χ4n) is 1.51. The van der Waals surface area contributed by atoms with Gasteiger partial charge < -0.3 is 5.32 Å². The molecule has 0 bridgehead atoms. The summed E-state index contributed by atoms with van der Waals surface area (Å²) in [6, 6.07) is 1.93. The normalized spacial score (nSPS) is 11.2. The van der Waals surface area contributed by atoms with E-state index in [0.717, 1.165) is 28.7 Å². The standard InChI is InChI=1S/C13H22BrN3/c1-9(2)6-5-7-15-12-8-11(14)16-13(17-12)10(3)4/h8-10H,5-7H2,1-4H3,(H,15,16,17).